The number of hydrogen-bond acceptors (Lipinski definition) is 4. The lowest BCUT2D eigenvalue weighted by Crippen LogP contribution is -2.45. The number of phenols is 1. The van der Waals surface area contributed by atoms with Crippen molar-refractivity contribution in [1.29, 1.82) is 0 Å². The molecule has 0 saturated carbocycles. The number of methoxy groups -OCH3 is 1. The van der Waals surface area contributed by atoms with Crippen LogP contribution in [0.25, 0.3) is 0 Å². The van der Waals surface area contributed by atoms with Gasteiger partial charge < -0.3 is 15.2 Å². The second kappa shape index (κ2) is 7.53. The van der Waals surface area contributed by atoms with E-state index in [4.69, 9.17) is 0 Å². The van der Waals surface area contributed by atoms with Gasteiger partial charge in [-0.25, -0.2) is 4.79 Å². The van der Waals surface area contributed by atoms with Crippen LogP contribution in [-0.4, -0.2) is 30.1 Å². The van der Waals surface area contributed by atoms with Gasteiger partial charge >= 0.3 is 5.97 Å². The molecule has 2 N–H and O–H groups in total. The van der Waals surface area contributed by atoms with Crippen molar-refractivity contribution < 1.29 is 19.4 Å². The lowest BCUT2D eigenvalue weighted by Gasteiger charge is -2.19. The van der Waals surface area contributed by atoms with Crippen molar-refractivity contribution in [2.24, 2.45) is 5.92 Å². The van der Waals surface area contributed by atoms with Gasteiger partial charge in [-0.1, -0.05) is 32.0 Å². The van der Waals surface area contributed by atoms with E-state index in [0.717, 1.165) is 0 Å². The predicted octanol–water partition coefficient (Wildman–Crippen LogP) is 1.64. The Morgan fingerprint density at radius 2 is 1.95 bits per heavy atom. The van der Waals surface area contributed by atoms with Crippen LogP contribution >= 0.6 is 0 Å². The molecule has 0 aliphatic carbocycles. The van der Waals surface area contributed by atoms with E-state index in [-0.39, 0.29) is 24.0 Å². The van der Waals surface area contributed by atoms with E-state index in [2.05, 4.69) is 10.1 Å². The summed E-state index contributed by atoms with van der Waals surface area (Å²) in [5, 5.41) is 12.3. The lowest BCUT2D eigenvalue weighted by molar-refractivity contribution is -0.146. The van der Waals surface area contributed by atoms with Crippen LogP contribution in [0.2, 0.25) is 0 Å². The van der Waals surface area contributed by atoms with Gasteiger partial charge in [-0.15, -0.1) is 0 Å². The number of phenolic OH excluding ortho intramolecular Hbond substituents is 1. The monoisotopic (exact) mass is 279 g/mol. The first-order valence-electron chi connectivity index (χ1n) is 6.59. The molecule has 1 unspecified atom stereocenters. The molecule has 0 aromatic heterocycles. The molecule has 0 spiro atoms. The Morgan fingerprint density at radius 3 is 2.50 bits per heavy atom. The summed E-state index contributed by atoms with van der Waals surface area (Å²) in [7, 11) is 1.30. The Morgan fingerprint density at radius 1 is 1.30 bits per heavy atom. The van der Waals surface area contributed by atoms with Gasteiger partial charge in [0.1, 0.15) is 11.8 Å². The molecular weight excluding hydrogens is 258 g/mol. The molecule has 5 heteroatoms. The Balaban J connectivity index is 2.55. The van der Waals surface area contributed by atoms with E-state index in [0.29, 0.717) is 12.0 Å². The summed E-state index contributed by atoms with van der Waals surface area (Å²) >= 11 is 0. The van der Waals surface area contributed by atoms with Gasteiger partial charge in [0.2, 0.25) is 5.91 Å². The molecule has 0 heterocycles. The zero-order valence-electron chi connectivity index (χ0n) is 12.1. The van der Waals surface area contributed by atoms with Gasteiger partial charge in [0, 0.05) is 6.42 Å². The van der Waals surface area contributed by atoms with Gasteiger partial charge in [0.25, 0.3) is 0 Å². The number of nitrogens with one attached hydrogen (secondary N) is 1. The van der Waals surface area contributed by atoms with Crippen LogP contribution in [0.15, 0.2) is 24.3 Å². The van der Waals surface area contributed by atoms with E-state index in [9.17, 15) is 14.7 Å². The minimum Gasteiger partial charge on any atom is -0.508 e. The highest BCUT2D eigenvalue weighted by Crippen LogP contribution is 2.17. The zero-order chi connectivity index (χ0) is 15.1. The minimum atomic E-state index is -0.642. The van der Waals surface area contributed by atoms with Gasteiger partial charge in [0.05, 0.1) is 7.11 Å². The first kappa shape index (κ1) is 16.0. The summed E-state index contributed by atoms with van der Waals surface area (Å²) in [5.74, 6) is -0.557. The summed E-state index contributed by atoms with van der Waals surface area (Å²) in [4.78, 5) is 23.4. The molecule has 0 saturated heterocycles. The molecule has 0 fully saturated rings. The van der Waals surface area contributed by atoms with Crippen molar-refractivity contribution in [2.45, 2.75) is 32.7 Å². The fourth-order valence-corrected chi connectivity index (χ4v) is 1.84. The third kappa shape index (κ3) is 4.57. The average Bonchev–Trinajstić information content (AvgIpc) is 2.42. The normalized spacial score (nSPS) is 12.0. The molecule has 5 nitrogen and oxygen atoms in total. The average molecular weight is 279 g/mol. The maximum absolute atomic E-state index is 11.9. The molecule has 1 aromatic carbocycles. The number of esters is 1. The van der Waals surface area contributed by atoms with Crippen LogP contribution in [0.1, 0.15) is 25.8 Å². The highest BCUT2D eigenvalue weighted by Gasteiger charge is 2.24. The molecule has 0 aliphatic rings. The Labute approximate surface area is 118 Å². The van der Waals surface area contributed by atoms with Crippen molar-refractivity contribution in [1.82, 2.24) is 5.32 Å². The summed E-state index contributed by atoms with van der Waals surface area (Å²) in [6.45, 7) is 3.68. The molecule has 20 heavy (non-hydrogen) atoms. The van der Waals surface area contributed by atoms with Gasteiger partial charge in [-0.2, -0.15) is 0 Å². The van der Waals surface area contributed by atoms with E-state index in [1.807, 2.05) is 13.8 Å². The van der Waals surface area contributed by atoms with Gasteiger partial charge in [-0.3, -0.25) is 4.79 Å². The maximum atomic E-state index is 11.9. The van der Waals surface area contributed by atoms with Crippen LogP contribution in [-0.2, 0) is 20.7 Å². The number of rotatable bonds is 6. The highest BCUT2D eigenvalue weighted by atomic mass is 16.5. The number of ether oxygens (including phenoxy) is 1. The fourth-order valence-electron chi connectivity index (χ4n) is 1.84. The Kier molecular flexibility index (Phi) is 6.03. The number of carbonyl (C=O) groups excluding carboxylic acids is 2. The number of benzene rings is 1. The smallest absolute Gasteiger partial charge is 0.328 e. The molecule has 1 rings (SSSR count). The highest BCUT2D eigenvalue weighted by molar-refractivity contribution is 5.84. The maximum Gasteiger partial charge on any atom is 0.328 e. The number of aromatic hydroxyl groups is 1. The molecule has 0 radical (unpaired) electrons. The standard InChI is InChI=1S/C15H21NO4/c1-10(2)14(15(19)20-3)16-13(18)9-8-11-6-4-5-7-12(11)17/h4-7,10,14,17H,8-9H2,1-3H3,(H,16,18). The van der Waals surface area contributed by atoms with Crippen LogP contribution in [0.4, 0.5) is 0 Å². The zero-order valence-corrected chi connectivity index (χ0v) is 12.1. The topological polar surface area (TPSA) is 75.6 Å². The Hall–Kier alpha value is -2.04. The second-order valence-electron chi connectivity index (χ2n) is 4.94. The number of hydrogen-bond donors (Lipinski definition) is 2. The summed E-state index contributed by atoms with van der Waals surface area (Å²) in [6, 6.07) is 6.24. The third-order valence-electron chi connectivity index (χ3n) is 3.05. The van der Waals surface area contributed by atoms with Crippen LogP contribution in [0.5, 0.6) is 5.75 Å². The summed E-state index contributed by atoms with van der Waals surface area (Å²) in [6.07, 6.45) is 0.627. The predicted molar refractivity (Wildman–Crippen MR) is 75.2 cm³/mol. The Bertz CT molecular complexity index is 471. The molecular formula is C15H21NO4. The lowest BCUT2D eigenvalue weighted by atomic mass is 10.0. The quantitative estimate of drug-likeness (QED) is 0.776. The van der Waals surface area contributed by atoms with Crippen molar-refractivity contribution in [2.75, 3.05) is 7.11 Å². The number of carbonyl (C=O) groups is 2. The van der Waals surface area contributed by atoms with E-state index in [1.165, 1.54) is 7.11 Å². The number of para-hydroxylation sites is 1. The van der Waals surface area contributed by atoms with Crippen LogP contribution in [0, 0.1) is 5.92 Å². The van der Waals surface area contributed by atoms with E-state index in [1.54, 1.807) is 24.3 Å². The number of aryl methyl sites for hydroxylation is 1. The van der Waals surface area contributed by atoms with Crippen molar-refractivity contribution >= 4 is 11.9 Å². The number of amides is 1. The molecule has 110 valence electrons. The summed E-state index contributed by atoms with van der Waals surface area (Å²) in [5.41, 5.74) is 0.710. The first-order valence-corrected chi connectivity index (χ1v) is 6.59. The van der Waals surface area contributed by atoms with Crippen LogP contribution < -0.4 is 5.32 Å². The molecule has 0 aliphatic heterocycles. The summed E-state index contributed by atoms with van der Waals surface area (Å²) < 4.78 is 4.66. The molecule has 1 amide bonds. The van der Waals surface area contributed by atoms with Gasteiger partial charge in [-0.05, 0) is 24.0 Å². The minimum absolute atomic E-state index is 0.0449. The van der Waals surface area contributed by atoms with Crippen molar-refractivity contribution in [3.63, 3.8) is 0 Å². The van der Waals surface area contributed by atoms with Gasteiger partial charge in [0.15, 0.2) is 0 Å². The van der Waals surface area contributed by atoms with E-state index >= 15 is 0 Å². The van der Waals surface area contributed by atoms with Crippen LogP contribution in [0.3, 0.4) is 0 Å². The molecule has 1 atom stereocenters. The van der Waals surface area contributed by atoms with E-state index < -0.39 is 12.0 Å². The SMILES string of the molecule is COC(=O)C(NC(=O)CCc1ccccc1O)C(C)C. The van der Waals surface area contributed by atoms with Crippen molar-refractivity contribution in [3.05, 3.63) is 29.8 Å². The fraction of sp³-hybridized carbons (Fsp3) is 0.467. The second-order valence-corrected chi connectivity index (χ2v) is 4.94. The largest absolute Gasteiger partial charge is 0.508 e. The third-order valence-corrected chi connectivity index (χ3v) is 3.05. The first-order chi connectivity index (χ1) is 9.45. The van der Waals surface area contributed by atoms with Crippen molar-refractivity contribution in [3.8, 4) is 5.75 Å². The molecule has 1 aromatic rings. The molecule has 0 bridgehead atoms.